The summed E-state index contributed by atoms with van der Waals surface area (Å²) in [6.07, 6.45) is 0.940. The summed E-state index contributed by atoms with van der Waals surface area (Å²) >= 11 is 0. The molecule has 2 aliphatic rings. The predicted octanol–water partition coefficient (Wildman–Crippen LogP) is 1.58. The second kappa shape index (κ2) is 9.35. The minimum Gasteiger partial charge on any atom is -0.379 e. The van der Waals surface area contributed by atoms with E-state index in [4.69, 9.17) is 10.5 Å². The van der Waals surface area contributed by atoms with Crippen LogP contribution in [-0.4, -0.2) is 67.2 Å². The van der Waals surface area contributed by atoms with Gasteiger partial charge in [-0.25, -0.2) is 0 Å². The van der Waals surface area contributed by atoms with Crippen LogP contribution in [0.3, 0.4) is 0 Å². The number of nitrogens with zero attached hydrogens (tertiary/aromatic N) is 2. The van der Waals surface area contributed by atoms with Gasteiger partial charge in [0.15, 0.2) is 0 Å². The maximum Gasteiger partial charge on any atom is 0.237 e. The molecule has 1 amide bonds. The molecule has 2 heterocycles. The largest absolute Gasteiger partial charge is 0.379 e. The molecule has 3 rings (SSSR count). The van der Waals surface area contributed by atoms with E-state index < -0.39 is 0 Å². The molecule has 6 nitrogen and oxygen atoms in total. The number of hydrogen-bond donors (Lipinski definition) is 2. The molecule has 0 bridgehead atoms. The van der Waals surface area contributed by atoms with Gasteiger partial charge in [-0.3, -0.25) is 14.6 Å². The molecule has 0 spiro atoms. The molecule has 2 unspecified atom stereocenters. The first kappa shape index (κ1) is 21.2. The average Bonchev–Trinajstić information content (AvgIpc) is 2.69. The van der Waals surface area contributed by atoms with Gasteiger partial charge in [-0.1, -0.05) is 38.1 Å². The highest BCUT2D eigenvalue weighted by Crippen LogP contribution is 2.28. The highest BCUT2D eigenvalue weighted by molar-refractivity contribution is 5.81. The van der Waals surface area contributed by atoms with Crippen LogP contribution in [0.4, 0.5) is 0 Å². The van der Waals surface area contributed by atoms with E-state index in [1.54, 1.807) is 0 Å². The maximum absolute atomic E-state index is 12.6. The maximum atomic E-state index is 12.6. The summed E-state index contributed by atoms with van der Waals surface area (Å²) in [5, 5.41) is 3.10. The number of piperidine rings is 1. The van der Waals surface area contributed by atoms with Crippen molar-refractivity contribution in [2.75, 3.05) is 39.4 Å². The van der Waals surface area contributed by atoms with Gasteiger partial charge in [0.2, 0.25) is 5.91 Å². The summed E-state index contributed by atoms with van der Waals surface area (Å²) < 4.78 is 5.40. The van der Waals surface area contributed by atoms with Crippen molar-refractivity contribution in [1.82, 2.24) is 15.1 Å². The van der Waals surface area contributed by atoms with Crippen LogP contribution in [0.25, 0.3) is 0 Å². The number of carbonyl (C=O) groups excluding carboxylic acids is 1. The number of amides is 1. The Morgan fingerprint density at radius 2 is 1.86 bits per heavy atom. The molecule has 2 atom stereocenters. The van der Waals surface area contributed by atoms with E-state index in [0.29, 0.717) is 6.54 Å². The molecule has 3 N–H and O–H groups in total. The summed E-state index contributed by atoms with van der Waals surface area (Å²) in [5.74, 6) is 0.0867. The number of hydrogen-bond acceptors (Lipinski definition) is 5. The third-order valence-electron chi connectivity index (χ3n) is 6.27. The van der Waals surface area contributed by atoms with Crippen LogP contribution >= 0.6 is 0 Å². The van der Waals surface area contributed by atoms with E-state index in [2.05, 4.69) is 53.2 Å². The Bertz CT molecular complexity index is 640. The quantitative estimate of drug-likeness (QED) is 0.774. The van der Waals surface area contributed by atoms with Gasteiger partial charge in [0.25, 0.3) is 0 Å². The predicted molar refractivity (Wildman–Crippen MR) is 112 cm³/mol. The minimum atomic E-state index is -0.132. The number of nitrogens with one attached hydrogen (secondary N) is 1. The van der Waals surface area contributed by atoms with Gasteiger partial charge in [-0.2, -0.15) is 0 Å². The van der Waals surface area contributed by atoms with E-state index in [-0.39, 0.29) is 23.4 Å². The molecule has 0 radical (unpaired) electrons. The zero-order valence-electron chi connectivity index (χ0n) is 17.6. The van der Waals surface area contributed by atoms with E-state index in [1.165, 1.54) is 5.56 Å². The summed E-state index contributed by atoms with van der Waals surface area (Å²) in [5.41, 5.74) is 8.70. The fourth-order valence-electron chi connectivity index (χ4n) is 4.03. The Morgan fingerprint density at radius 1 is 1.21 bits per heavy atom. The SMILES string of the molecule is CC(C(=O)NCc1ccc(CN2CCOCC2)cc1)N1CCC(N)C(C)(C)C1. The van der Waals surface area contributed by atoms with Crippen molar-refractivity contribution in [2.45, 2.75) is 52.4 Å². The van der Waals surface area contributed by atoms with Crippen LogP contribution in [0.15, 0.2) is 24.3 Å². The number of ether oxygens (including phenoxy) is 1. The third kappa shape index (κ3) is 5.54. The Kier molecular flexibility index (Phi) is 7.10. The number of benzene rings is 1. The van der Waals surface area contributed by atoms with Gasteiger partial charge in [0, 0.05) is 45.3 Å². The van der Waals surface area contributed by atoms with Crippen LogP contribution in [-0.2, 0) is 22.6 Å². The Labute approximate surface area is 169 Å². The molecule has 2 saturated heterocycles. The van der Waals surface area contributed by atoms with Crippen LogP contribution in [0.1, 0.15) is 38.3 Å². The first-order chi connectivity index (χ1) is 13.3. The summed E-state index contributed by atoms with van der Waals surface area (Å²) in [4.78, 5) is 17.3. The second-order valence-corrected chi connectivity index (χ2v) is 8.95. The van der Waals surface area contributed by atoms with Crippen LogP contribution < -0.4 is 11.1 Å². The van der Waals surface area contributed by atoms with Crippen molar-refractivity contribution in [3.8, 4) is 0 Å². The lowest BCUT2D eigenvalue weighted by molar-refractivity contribution is -0.127. The number of likely N-dealkylation sites (tertiary alicyclic amines) is 1. The van der Waals surface area contributed by atoms with E-state index >= 15 is 0 Å². The van der Waals surface area contributed by atoms with Crippen molar-refractivity contribution in [2.24, 2.45) is 11.1 Å². The van der Waals surface area contributed by atoms with E-state index in [9.17, 15) is 4.79 Å². The Hall–Kier alpha value is -1.47. The zero-order valence-corrected chi connectivity index (χ0v) is 17.6. The van der Waals surface area contributed by atoms with Crippen molar-refractivity contribution < 1.29 is 9.53 Å². The summed E-state index contributed by atoms with van der Waals surface area (Å²) in [7, 11) is 0. The molecule has 156 valence electrons. The molecule has 2 aliphatic heterocycles. The Balaban J connectivity index is 1.46. The molecular weight excluding hydrogens is 352 g/mol. The van der Waals surface area contributed by atoms with Crippen molar-refractivity contribution in [3.63, 3.8) is 0 Å². The first-order valence-electron chi connectivity index (χ1n) is 10.5. The van der Waals surface area contributed by atoms with Gasteiger partial charge < -0.3 is 15.8 Å². The number of rotatable bonds is 6. The van der Waals surface area contributed by atoms with Crippen LogP contribution in [0.5, 0.6) is 0 Å². The van der Waals surface area contributed by atoms with Crippen LogP contribution in [0.2, 0.25) is 0 Å². The van der Waals surface area contributed by atoms with Crippen molar-refractivity contribution in [3.05, 3.63) is 35.4 Å². The monoisotopic (exact) mass is 388 g/mol. The molecular formula is C22H36N4O2. The first-order valence-corrected chi connectivity index (χ1v) is 10.5. The van der Waals surface area contributed by atoms with E-state index in [1.807, 2.05) is 6.92 Å². The Morgan fingerprint density at radius 3 is 2.50 bits per heavy atom. The molecule has 1 aromatic carbocycles. The van der Waals surface area contributed by atoms with Gasteiger partial charge in [-0.05, 0) is 29.9 Å². The summed E-state index contributed by atoms with van der Waals surface area (Å²) in [6, 6.07) is 8.62. The molecule has 0 aromatic heterocycles. The fraction of sp³-hybridized carbons (Fsp3) is 0.682. The topological polar surface area (TPSA) is 70.8 Å². The van der Waals surface area contributed by atoms with E-state index in [0.717, 1.165) is 57.9 Å². The van der Waals surface area contributed by atoms with Crippen molar-refractivity contribution >= 4 is 5.91 Å². The fourth-order valence-corrected chi connectivity index (χ4v) is 4.03. The molecule has 2 fully saturated rings. The lowest BCUT2D eigenvalue weighted by Gasteiger charge is -2.44. The minimum absolute atomic E-state index is 0.0447. The number of morpholine rings is 1. The highest BCUT2D eigenvalue weighted by atomic mass is 16.5. The van der Waals surface area contributed by atoms with Crippen molar-refractivity contribution in [1.29, 1.82) is 0 Å². The molecule has 1 aromatic rings. The zero-order chi connectivity index (χ0) is 20.1. The number of nitrogens with two attached hydrogens (primary N) is 1. The average molecular weight is 389 g/mol. The standard InChI is InChI=1S/C22H36N4O2/c1-17(26-9-8-20(23)22(2,3)16-26)21(27)24-14-18-4-6-19(7-5-18)15-25-10-12-28-13-11-25/h4-7,17,20H,8-16,23H2,1-3H3,(H,24,27). The highest BCUT2D eigenvalue weighted by Gasteiger charge is 2.36. The smallest absolute Gasteiger partial charge is 0.237 e. The normalized spacial score (nSPS) is 24.6. The summed E-state index contributed by atoms with van der Waals surface area (Å²) in [6.45, 7) is 13.3. The van der Waals surface area contributed by atoms with Crippen LogP contribution in [0, 0.1) is 5.41 Å². The third-order valence-corrected chi connectivity index (χ3v) is 6.27. The van der Waals surface area contributed by atoms with Gasteiger partial charge >= 0.3 is 0 Å². The lowest BCUT2D eigenvalue weighted by Crippen LogP contribution is -2.57. The molecule has 0 saturated carbocycles. The van der Waals surface area contributed by atoms with Gasteiger partial charge in [0.1, 0.15) is 0 Å². The molecule has 28 heavy (non-hydrogen) atoms. The second-order valence-electron chi connectivity index (χ2n) is 8.95. The van der Waals surface area contributed by atoms with Gasteiger partial charge in [-0.15, -0.1) is 0 Å². The molecule has 6 heteroatoms. The molecule has 0 aliphatic carbocycles. The van der Waals surface area contributed by atoms with Gasteiger partial charge in [0.05, 0.1) is 19.3 Å². The number of carbonyl (C=O) groups is 1. The lowest BCUT2D eigenvalue weighted by atomic mass is 9.79.